The zero-order chi connectivity index (χ0) is 14.5. The largest absolute Gasteiger partial charge is 0.493 e. The highest BCUT2D eigenvalue weighted by molar-refractivity contribution is 5.84. The van der Waals surface area contributed by atoms with Crippen molar-refractivity contribution in [2.24, 2.45) is 0 Å². The molecule has 0 saturated carbocycles. The fourth-order valence-electron chi connectivity index (χ4n) is 2.05. The molecule has 2 rings (SSSR count). The van der Waals surface area contributed by atoms with Crippen molar-refractivity contribution in [1.29, 1.82) is 0 Å². The lowest BCUT2D eigenvalue weighted by Gasteiger charge is -2.20. The zero-order valence-electron chi connectivity index (χ0n) is 11.5. The number of benzene rings is 1. The van der Waals surface area contributed by atoms with E-state index in [2.05, 4.69) is 5.32 Å². The predicted octanol–water partition coefficient (Wildman–Crippen LogP) is 0.678. The fraction of sp³-hybridized carbons (Fsp3) is 0.429. The van der Waals surface area contributed by atoms with Gasteiger partial charge in [0.1, 0.15) is 6.04 Å². The highest BCUT2D eigenvalue weighted by Crippen LogP contribution is 2.29. The Labute approximate surface area is 117 Å². The molecule has 0 aliphatic carbocycles. The standard InChI is InChI=1S/C14H17NO5/c1-18-11-4-3-9-7-10(14(17)19-2)15-13(16)5-6-20-12(11)8-9/h3-4,8,10H,5-7H2,1-2H3,(H,15,16)/t10-/m0/s1. The maximum Gasteiger partial charge on any atom is 0.328 e. The second-order valence-corrected chi connectivity index (χ2v) is 4.43. The van der Waals surface area contributed by atoms with Gasteiger partial charge in [-0.2, -0.15) is 0 Å². The van der Waals surface area contributed by atoms with Crippen molar-refractivity contribution < 1.29 is 23.8 Å². The number of carbonyl (C=O) groups is 2. The summed E-state index contributed by atoms with van der Waals surface area (Å²) >= 11 is 0. The third-order valence-electron chi connectivity index (χ3n) is 3.08. The van der Waals surface area contributed by atoms with Crippen molar-refractivity contribution in [3.8, 4) is 11.5 Å². The lowest BCUT2D eigenvalue weighted by Crippen LogP contribution is -2.43. The Hall–Kier alpha value is -2.24. The molecule has 2 bridgehead atoms. The molecular weight excluding hydrogens is 262 g/mol. The monoisotopic (exact) mass is 279 g/mol. The van der Waals surface area contributed by atoms with E-state index in [0.717, 1.165) is 5.56 Å². The van der Waals surface area contributed by atoms with E-state index in [9.17, 15) is 9.59 Å². The summed E-state index contributed by atoms with van der Waals surface area (Å²) in [5.41, 5.74) is 0.860. The molecule has 20 heavy (non-hydrogen) atoms. The minimum Gasteiger partial charge on any atom is -0.493 e. The first-order valence-corrected chi connectivity index (χ1v) is 6.31. The Kier molecular flexibility index (Phi) is 4.45. The first-order valence-electron chi connectivity index (χ1n) is 6.31. The van der Waals surface area contributed by atoms with Crippen LogP contribution in [-0.2, 0) is 20.7 Å². The Morgan fingerprint density at radius 1 is 1.40 bits per heavy atom. The van der Waals surface area contributed by atoms with Gasteiger partial charge in [-0.15, -0.1) is 0 Å². The van der Waals surface area contributed by atoms with Crippen LogP contribution in [-0.4, -0.2) is 38.7 Å². The molecule has 1 aromatic carbocycles. The van der Waals surface area contributed by atoms with E-state index in [0.29, 0.717) is 17.9 Å². The average molecular weight is 279 g/mol. The Bertz CT molecular complexity index is 514. The number of carbonyl (C=O) groups excluding carboxylic acids is 2. The number of hydrogen-bond donors (Lipinski definition) is 1. The predicted molar refractivity (Wildman–Crippen MR) is 70.8 cm³/mol. The summed E-state index contributed by atoms with van der Waals surface area (Å²) < 4.78 is 15.4. The van der Waals surface area contributed by atoms with E-state index in [1.54, 1.807) is 13.2 Å². The van der Waals surface area contributed by atoms with Crippen LogP contribution in [0.15, 0.2) is 18.2 Å². The second kappa shape index (κ2) is 6.27. The number of esters is 1. The minimum absolute atomic E-state index is 0.168. The number of methoxy groups -OCH3 is 2. The molecule has 1 N–H and O–H groups in total. The van der Waals surface area contributed by atoms with Gasteiger partial charge in [-0.25, -0.2) is 4.79 Å². The van der Waals surface area contributed by atoms with E-state index >= 15 is 0 Å². The van der Waals surface area contributed by atoms with Gasteiger partial charge in [-0.3, -0.25) is 4.79 Å². The topological polar surface area (TPSA) is 73.9 Å². The van der Waals surface area contributed by atoms with Gasteiger partial charge in [-0.1, -0.05) is 6.07 Å². The number of hydrogen-bond acceptors (Lipinski definition) is 5. The average Bonchev–Trinajstić information content (AvgIpc) is 2.45. The van der Waals surface area contributed by atoms with Crippen LogP contribution in [0.4, 0.5) is 0 Å². The maximum absolute atomic E-state index is 11.7. The molecule has 0 spiro atoms. The third kappa shape index (κ3) is 3.20. The molecule has 0 unspecified atom stereocenters. The van der Waals surface area contributed by atoms with Crippen molar-refractivity contribution in [3.05, 3.63) is 23.8 Å². The first kappa shape index (κ1) is 14.2. The van der Waals surface area contributed by atoms with Gasteiger partial charge in [0.05, 0.1) is 27.2 Å². The van der Waals surface area contributed by atoms with Crippen LogP contribution in [0, 0.1) is 0 Å². The molecule has 0 saturated heterocycles. The van der Waals surface area contributed by atoms with Crippen LogP contribution < -0.4 is 14.8 Å². The van der Waals surface area contributed by atoms with Crippen LogP contribution in [0.3, 0.4) is 0 Å². The molecule has 0 aromatic heterocycles. The Morgan fingerprint density at radius 2 is 2.20 bits per heavy atom. The van der Waals surface area contributed by atoms with Gasteiger partial charge in [-0.05, 0) is 17.7 Å². The smallest absolute Gasteiger partial charge is 0.328 e. The number of fused-ring (bicyclic) bond motifs is 2. The summed E-state index contributed by atoms with van der Waals surface area (Å²) in [6.07, 6.45) is 0.514. The number of amides is 1. The molecule has 0 fully saturated rings. The highest BCUT2D eigenvalue weighted by Gasteiger charge is 2.23. The van der Waals surface area contributed by atoms with Crippen molar-refractivity contribution >= 4 is 11.9 Å². The van der Waals surface area contributed by atoms with Crippen LogP contribution >= 0.6 is 0 Å². The van der Waals surface area contributed by atoms with Gasteiger partial charge in [0, 0.05) is 6.42 Å². The third-order valence-corrected chi connectivity index (χ3v) is 3.08. The molecule has 0 radical (unpaired) electrons. The normalized spacial score (nSPS) is 18.5. The Morgan fingerprint density at radius 3 is 2.90 bits per heavy atom. The first-order chi connectivity index (χ1) is 9.63. The molecule has 1 aromatic rings. The lowest BCUT2D eigenvalue weighted by molar-refractivity contribution is -0.145. The van der Waals surface area contributed by atoms with Gasteiger partial charge in [0.2, 0.25) is 5.91 Å². The van der Waals surface area contributed by atoms with Gasteiger partial charge in [0.25, 0.3) is 0 Å². The molecule has 1 aliphatic rings. The summed E-state index contributed by atoms with van der Waals surface area (Å²) in [6.45, 7) is 0.222. The van der Waals surface area contributed by atoms with E-state index in [-0.39, 0.29) is 18.9 Å². The molecule has 1 heterocycles. The van der Waals surface area contributed by atoms with Gasteiger partial charge < -0.3 is 19.5 Å². The quantitative estimate of drug-likeness (QED) is 0.806. The van der Waals surface area contributed by atoms with Gasteiger partial charge >= 0.3 is 5.97 Å². The molecular formula is C14H17NO5. The number of ether oxygens (including phenoxy) is 3. The van der Waals surface area contributed by atoms with Crippen LogP contribution in [0.5, 0.6) is 11.5 Å². The summed E-state index contributed by atoms with van der Waals surface area (Å²) in [6, 6.07) is 4.73. The second-order valence-electron chi connectivity index (χ2n) is 4.43. The maximum atomic E-state index is 11.7. The minimum atomic E-state index is -0.688. The molecule has 1 amide bonds. The SMILES string of the molecule is COC(=O)[C@@H]1Cc2ccc(OC)c(c2)OCCC(=O)N1. The number of nitrogens with one attached hydrogen (secondary N) is 1. The lowest BCUT2D eigenvalue weighted by atomic mass is 10.0. The van der Waals surface area contributed by atoms with Crippen molar-refractivity contribution in [1.82, 2.24) is 5.32 Å². The molecule has 1 aliphatic heterocycles. The summed E-state index contributed by atoms with van der Waals surface area (Å²) in [7, 11) is 2.85. The van der Waals surface area contributed by atoms with Crippen LogP contribution in [0.2, 0.25) is 0 Å². The van der Waals surface area contributed by atoms with E-state index in [4.69, 9.17) is 14.2 Å². The molecule has 6 nitrogen and oxygen atoms in total. The van der Waals surface area contributed by atoms with Crippen molar-refractivity contribution in [2.45, 2.75) is 18.9 Å². The zero-order valence-corrected chi connectivity index (χ0v) is 11.5. The highest BCUT2D eigenvalue weighted by atomic mass is 16.5. The summed E-state index contributed by atoms with van der Waals surface area (Å²) in [5.74, 6) is 0.467. The van der Waals surface area contributed by atoms with E-state index in [1.807, 2.05) is 12.1 Å². The Balaban J connectivity index is 2.31. The number of rotatable bonds is 2. The van der Waals surface area contributed by atoms with E-state index in [1.165, 1.54) is 7.11 Å². The van der Waals surface area contributed by atoms with Crippen LogP contribution in [0.1, 0.15) is 12.0 Å². The molecule has 1 atom stereocenters. The van der Waals surface area contributed by atoms with Crippen molar-refractivity contribution in [3.63, 3.8) is 0 Å². The summed E-state index contributed by atoms with van der Waals surface area (Å²) in [4.78, 5) is 23.4. The molecule has 6 heteroatoms. The van der Waals surface area contributed by atoms with Crippen LogP contribution in [0.25, 0.3) is 0 Å². The van der Waals surface area contributed by atoms with Gasteiger partial charge in [0.15, 0.2) is 11.5 Å². The molecule has 108 valence electrons. The fourth-order valence-corrected chi connectivity index (χ4v) is 2.05. The van der Waals surface area contributed by atoms with Crippen molar-refractivity contribution in [2.75, 3.05) is 20.8 Å². The van der Waals surface area contributed by atoms with E-state index < -0.39 is 12.0 Å². The summed E-state index contributed by atoms with van der Waals surface area (Å²) in [5, 5.41) is 2.65.